The first-order valence-corrected chi connectivity index (χ1v) is 7.92. The van der Waals surface area contributed by atoms with E-state index in [9.17, 15) is 13.2 Å². The highest BCUT2D eigenvalue weighted by molar-refractivity contribution is 7.92. The lowest BCUT2D eigenvalue weighted by Gasteiger charge is -2.18. The second-order valence-corrected chi connectivity index (χ2v) is 7.22. The Labute approximate surface area is 119 Å². The zero-order valence-corrected chi connectivity index (χ0v) is 13.0. The lowest BCUT2D eigenvalue weighted by molar-refractivity contribution is -0.120. The first-order valence-electron chi connectivity index (χ1n) is 6.26. The quantitative estimate of drug-likeness (QED) is 0.765. The minimum Gasteiger partial charge on any atom is -0.324 e. The van der Waals surface area contributed by atoms with Crippen LogP contribution in [0.25, 0.3) is 0 Å². The SMILES string of the molecule is CCS(=O)(=O)Nc1ccc(NC(=O)C(C)(C)N)cc1C. The molecule has 0 fully saturated rings. The van der Waals surface area contributed by atoms with Crippen molar-refractivity contribution in [1.29, 1.82) is 0 Å². The van der Waals surface area contributed by atoms with Crippen molar-refractivity contribution in [3.05, 3.63) is 23.8 Å². The molecule has 0 spiro atoms. The first-order chi connectivity index (χ1) is 9.05. The summed E-state index contributed by atoms with van der Waals surface area (Å²) in [5.41, 5.74) is 6.51. The molecule has 0 saturated heterocycles. The number of benzene rings is 1. The molecule has 0 atom stereocenters. The molecule has 1 aromatic rings. The van der Waals surface area contributed by atoms with Gasteiger partial charge in [0, 0.05) is 5.69 Å². The molecule has 6 nitrogen and oxygen atoms in total. The van der Waals surface area contributed by atoms with Gasteiger partial charge in [-0.05, 0) is 51.5 Å². The topological polar surface area (TPSA) is 101 Å². The maximum absolute atomic E-state index is 11.8. The summed E-state index contributed by atoms with van der Waals surface area (Å²) in [4.78, 5) is 11.8. The second-order valence-electron chi connectivity index (χ2n) is 5.21. The van der Waals surface area contributed by atoms with Gasteiger partial charge < -0.3 is 11.1 Å². The van der Waals surface area contributed by atoms with Crippen molar-refractivity contribution in [2.75, 3.05) is 15.8 Å². The van der Waals surface area contributed by atoms with Crippen LogP contribution in [0.3, 0.4) is 0 Å². The Balaban J connectivity index is 2.92. The van der Waals surface area contributed by atoms with Crippen molar-refractivity contribution in [2.45, 2.75) is 33.2 Å². The molecular formula is C13H21N3O3S. The Morgan fingerprint density at radius 1 is 1.35 bits per heavy atom. The molecule has 1 aromatic carbocycles. The summed E-state index contributed by atoms with van der Waals surface area (Å²) in [6, 6.07) is 4.93. The summed E-state index contributed by atoms with van der Waals surface area (Å²) in [7, 11) is -3.31. The number of hydrogen-bond acceptors (Lipinski definition) is 4. The largest absolute Gasteiger partial charge is 0.324 e. The molecule has 0 aliphatic rings. The zero-order valence-electron chi connectivity index (χ0n) is 12.1. The monoisotopic (exact) mass is 299 g/mol. The van der Waals surface area contributed by atoms with Gasteiger partial charge in [-0.2, -0.15) is 0 Å². The molecule has 0 radical (unpaired) electrons. The van der Waals surface area contributed by atoms with Gasteiger partial charge in [-0.15, -0.1) is 0 Å². The smallest absolute Gasteiger partial charge is 0.243 e. The summed E-state index contributed by atoms with van der Waals surface area (Å²) in [5.74, 6) is -0.300. The molecule has 7 heteroatoms. The predicted octanol–water partition coefficient (Wildman–Crippen LogP) is 1.43. The average Bonchev–Trinajstić information content (AvgIpc) is 2.31. The molecule has 0 unspecified atom stereocenters. The van der Waals surface area contributed by atoms with E-state index in [2.05, 4.69) is 10.0 Å². The lowest BCUT2D eigenvalue weighted by atomic mass is 10.1. The van der Waals surface area contributed by atoms with Crippen LogP contribution in [-0.2, 0) is 14.8 Å². The fourth-order valence-electron chi connectivity index (χ4n) is 1.39. The summed E-state index contributed by atoms with van der Waals surface area (Å²) in [6.07, 6.45) is 0. The average molecular weight is 299 g/mol. The van der Waals surface area contributed by atoms with Gasteiger partial charge in [0.2, 0.25) is 15.9 Å². The standard InChI is InChI=1S/C13H21N3O3S/c1-5-20(18,19)16-11-7-6-10(8-9(11)2)15-12(17)13(3,4)14/h6-8,16H,5,14H2,1-4H3,(H,15,17). The van der Waals surface area contributed by atoms with Crippen LogP contribution in [0, 0.1) is 6.92 Å². The number of anilines is 2. The second kappa shape index (κ2) is 5.80. The highest BCUT2D eigenvalue weighted by Crippen LogP contribution is 2.21. The Hall–Kier alpha value is -1.60. The predicted molar refractivity (Wildman–Crippen MR) is 81.2 cm³/mol. The van der Waals surface area contributed by atoms with Crippen LogP contribution in [0.5, 0.6) is 0 Å². The van der Waals surface area contributed by atoms with E-state index in [4.69, 9.17) is 5.73 Å². The number of carbonyl (C=O) groups excluding carboxylic acids is 1. The Bertz CT molecular complexity index is 604. The van der Waals surface area contributed by atoms with Crippen molar-refractivity contribution in [3.8, 4) is 0 Å². The van der Waals surface area contributed by atoms with Gasteiger partial charge in [0.1, 0.15) is 0 Å². The van der Waals surface area contributed by atoms with E-state index in [-0.39, 0.29) is 11.7 Å². The van der Waals surface area contributed by atoms with Crippen LogP contribution >= 0.6 is 0 Å². The van der Waals surface area contributed by atoms with Crippen molar-refractivity contribution in [2.24, 2.45) is 5.73 Å². The number of nitrogens with two attached hydrogens (primary N) is 1. The molecule has 20 heavy (non-hydrogen) atoms. The van der Waals surface area contributed by atoms with Crippen LogP contribution in [0.2, 0.25) is 0 Å². The molecule has 1 amide bonds. The lowest BCUT2D eigenvalue weighted by Crippen LogP contribution is -2.45. The van der Waals surface area contributed by atoms with Gasteiger partial charge in [-0.1, -0.05) is 0 Å². The number of amides is 1. The summed E-state index contributed by atoms with van der Waals surface area (Å²) in [5, 5.41) is 2.69. The number of rotatable bonds is 5. The van der Waals surface area contributed by atoms with Crippen molar-refractivity contribution in [1.82, 2.24) is 0 Å². The van der Waals surface area contributed by atoms with Crippen LogP contribution in [-0.4, -0.2) is 25.6 Å². The van der Waals surface area contributed by atoms with Gasteiger partial charge in [-0.3, -0.25) is 9.52 Å². The van der Waals surface area contributed by atoms with E-state index >= 15 is 0 Å². The van der Waals surface area contributed by atoms with Crippen molar-refractivity contribution in [3.63, 3.8) is 0 Å². The zero-order chi connectivity index (χ0) is 15.6. The molecule has 0 aliphatic heterocycles. The van der Waals surface area contributed by atoms with Crippen LogP contribution < -0.4 is 15.8 Å². The van der Waals surface area contributed by atoms with Gasteiger partial charge in [0.15, 0.2) is 0 Å². The number of nitrogens with one attached hydrogen (secondary N) is 2. The minimum atomic E-state index is -3.31. The van der Waals surface area contributed by atoms with E-state index in [1.807, 2.05) is 0 Å². The number of sulfonamides is 1. The molecule has 0 aliphatic carbocycles. The Morgan fingerprint density at radius 2 is 1.95 bits per heavy atom. The van der Waals surface area contributed by atoms with E-state index < -0.39 is 15.6 Å². The van der Waals surface area contributed by atoms with Gasteiger partial charge in [-0.25, -0.2) is 8.42 Å². The summed E-state index contributed by atoms with van der Waals surface area (Å²) >= 11 is 0. The fourth-order valence-corrected chi connectivity index (χ4v) is 2.10. The normalized spacial score (nSPS) is 12.1. The third-order valence-corrected chi connectivity index (χ3v) is 4.01. The summed E-state index contributed by atoms with van der Waals surface area (Å²) < 4.78 is 25.5. The van der Waals surface area contributed by atoms with E-state index in [1.165, 1.54) is 0 Å². The number of hydrogen-bond donors (Lipinski definition) is 3. The van der Waals surface area contributed by atoms with Crippen LogP contribution in [0.1, 0.15) is 26.3 Å². The highest BCUT2D eigenvalue weighted by atomic mass is 32.2. The number of carbonyl (C=O) groups is 1. The Kier molecular flexibility index (Phi) is 4.77. The number of aryl methyl sites for hydroxylation is 1. The van der Waals surface area contributed by atoms with Crippen LogP contribution in [0.4, 0.5) is 11.4 Å². The van der Waals surface area contributed by atoms with Crippen molar-refractivity contribution >= 4 is 27.3 Å². The van der Waals surface area contributed by atoms with Crippen LogP contribution in [0.15, 0.2) is 18.2 Å². The highest BCUT2D eigenvalue weighted by Gasteiger charge is 2.21. The van der Waals surface area contributed by atoms with Gasteiger partial charge >= 0.3 is 0 Å². The first kappa shape index (κ1) is 16.5. The van der Waals surface area contributed by atoms with E-state index in [0.29, 0.717) is 11.4 Å². The molecule has 112 valence electrons. The molecule has 4 N–H and O–H groups in total. The van der Waals surface area contributed by atoms with Gasteiger partial charge in [0.05, 0.1) is 17.0 Å². The Morgan fingerprint density at radius 3 is 2.40 bits per heavy atom. The molecule has 1 rings (SSSR count). The molecular weight excluding hydrogens is 278 g/mol. The van der Waals surface area contributed by atoms with E-state index in [1.54, 1.807) is 45.9 Å². The van der Waals surface area contributed by atoms with Gasteiger partial charge in [0.25, 0.3) is 0 Å². The van der Waals surface area contributed by atoms with E-state index in [0.717, 1.165) is 5.56 Å². The maximum Gasteiger partial charge on any atom is 0.243 e. The fraction of sp³-hybridized carbons (Fsp3) is 0.462. The third kappa shape index (κ3) is 4.50. The molecule has 0 bridgehead atoms. The third-order valence-electron chi connectivity index (χ3n) is 2.71. The van der Waals surface area contributed by atoms with Crippen molar-refractivity contribution < 1.29 is 13.2 Å². The molecule has 0 heterocycles. The summed E-state index contributed by atoms with van der Waals surface area (Å²) in [6.45, 7) is 6.55. The molecule has 0 aromatic heterocycles. The molecule has 0 saturated carbocycles. The minimum absolute atomic E-state index is 0.00624. The maximum atomic E-state index is 11.8.